The first-order valence-corrected chi connectivity index (χ1v) is 9.16. The minimum atomic E-state index is -0.473. The first kappa shape index (κ1) is 19.0. The molecule has 0 radical (unpaired) electrons. The van der Waals surface area contributed by atoms with Gasteiger partial charge < -0.3 is 15.3 Å². The Hall–Kier alpha value is -2.75. The Labute approximate surface area is 159 Å². The first-order chi connectivity index (χ1) is 12.6. The summed E-state index contributed by atoms with van der Waals surface area (Å²) in [4.78, 5) is 12.9. The maximum atomic E-state index is 12.9. The van der Waals surface area contributed by atoms with Crippen molar-refractivity contribution < 1.29 is 20.1 Å². The molecule has 4 nitrogen and oxygen atoms in total. The molecule has 142 valence electrons. The SMILES string of the molecule is C=C(C)[C@H]1C[C@H](c2c(O)cc(O)c(C(=O)c3ccccc3)c2O)C(C)(C)C1. The normalized spacial score (nSPS) is 21.1. The minimum absolute atomic E-state index is 0.151. The predicted octanol–water partition coefficient (Wildman–Crippen LogP) is 5.13. The van der Waals surface area contributed by atoms with Crippen LogP contribution in [0.1, 0.15) is 61.0 Å². The first-order valence-electron chi connectivity index (χ1n) is 9.16. The van der Waals surface area contributed by atoms with Crippen LogP contribution in [0.5, 0.6) is 17.2 Å². The Morgan fingerprint density at radius 3 is 2.30 bits per heavy atom. The monoisotopic (exact) mass is 366 g/mol. The second-order valence-electron chi connectivity index (χ2n) is 8.27. The van der Waals surface area contributed by atoms with E-state index in [0.717, 1.165) is 24.5 Å². The van der Waals surface area contributed by atoms with Crippen LogP contribution in [0.2, 0.25) is 0 Å². The molecule has 0 bridgehead atoms. The van der Waals surface area contributed by atoms with Gasteiger partial charge in [0.15, 0.2) is 0 Å². The highest BCUT2D eigenvalue weighted by Crippen LogP contribution is 2.58. The summed E-state index contributed by atoms with van der Waals surface area (Å²) in [5.41, 5.74) is 1.42. The van der Waals surface area contributed by atoms with Crippen molar-refractivity contribution in [1.82, 2.24) is 0 Å². The van der Waals surface area contributed by atoms with Crippen molar-refractivity contribution in [1.29, 1.82) is 0 Å². The number of rotatable bonds is 4. The maximum absolute atomic E-state index is 12.9. The smallest absolute Gasteiger partial charge is 0.200 e. The van der Waals surface area contributed by atoms with Gasteiger partial charge in [0, 0.05) is 17.2 Å². The standard InChI is InChI=1S/C23H26O4/c1-13(2)15-10-16(23(3,4)12-15)19-17(24)11-18(25)20(22(19)27)21(26)14-8-6-5-7-9-14/h5-9,11,15-16,24-25,27H,1,10,12H2,2-4H3/t15-,16+/m0/s1. The van der Waals surface area contributed by atoms with Crippen molar-refractivity contribution >= 4 is 5.78 Å². The summed E-state index contributed by atoms with van der Waals surface area (Å²) in [7, 11) is 0. The molecule has 0 unspecified atom stereocenters. The molecule has 1 aliphatic carbocycles. The van der Waals surface area contributed by atoms with Gasteiger partial charge in [-0.15, -0.1) is 0 Å². The third kappa shape index (κ3) is 3.32. The lowest BCUT2D eigenvalue weighted by Gasteiger charge is -2.29. The number of allylic oxidation sites excluding steroid dienone is 1. The molecule has 0 spiro atoms. The highest BCUT2D eigenvalue weighted by molar-refractivity contribution is 6.12. The summed E-state index contributed by atoms with van der Waals surface area (Å²) in [6.07, 6.45) is 1.61. The quantitative estimate of drug-likeness (QED) is 0.518. The number of phenols is 3. The number of hydrogen-bond acceptors (Lipinski definition) is 4. The van der Waals surface area contributed by atoms with E-state index in [1.165, 1.54) is 0 Å². The average molecular weight is 366 g/mol. The zero-order chi connectivity index (χ0) is 19.9. The van der Waals surface area contributed by atoms with Gasteiger partial charge in [0.2, 0.25) is 5.78 Å². The van der Waals surface area contributed by atoms with E-state index in [1.54, 1.807) is 30.3 Å². The van der Waals surface area contributed by atoms with Gasteiger partial charge in [-0.05, 0) is 37.0 Å². The lowest BCUT2D eigenvalue weighted by Crippen LogP contribution is -2.17. The largest absolute Gasteiger partial charge is 0.507 e. The van der Waals surface area contributed by atoms with Crippen LogP contribution in [0.3, 0.4) is 0 Å². The Balaban J connectivity index is 2.13. The molecule has 1 aliphatic rings. The van der Waals surface area contributed by atoms with Crippen molar-refractivity contribution in [3.8, 4) is 17.2 Å². The van der Waals surface area contributed by atoms with E-state index in [1.807, 2.05) is 6.92 Å². The van der Waals surface area contributed by atoms with Crippen molar-refractivity contribution in [2.75, 3.05) is 0 Å². The molecule has 1 saturated carbocycles. The number of carbonyl (C=O) groups excluding carboxylic acids is 1. The molecule has 2 aromatic carbocycles. The van der Waals surface area contributed by atoms with Crippen LogP contribution in [0.15, 0.2) is 48.6 Å². The Kier molecular flexibility index (Phi) is 4.77. The predicted molar refractivity (Wildman–Crippen MR) is 105 cm³/mol. The van der Waals surface area contributed by atoms with Gasteiger partial charge in [0.05, 0.1) is 0 Å². The molecule has 4 heteroatoms. The zero-order valence-corrected chi connectivity index (χ0v) is 16.0. The van der Waals surface area contributed by atoms with E-state index < -0.39 is 11.5 Å². The summed E-state index contributed by atoms with van der Waals surface area (Å²) in [6, 6.07) is 9.65. The fourth-order valence-electron chi connectivity index (χ4n) is 4.31. The number of hydrogen-bond donors (Lipinski definition) is 3. The molecule has 0 aliphatic heterocycles. The number of carbonyl (C=O) groups is 1. The summed E-state index contributed by atoms with van der Waals surface area (Å²) in [6.45, 7) is 10.2. The second kappa shape index (κ2) is 6.76. The van der Waals surface area contributed by atoms with E-state index in [4.69, 9.17) is 0 Å². The molecule has 0 heterocycles. The number of ketones is 1. The molecule has 0 saturated heterocycles. The minimum Gasteiger partial charge on any atom is -0.507 e. The van der Waals surface area contributed by atoms with Gasteiger partial charge in [-0.25, -0.2) is 0 Å². The lowest BCUT2D eigenvalue weighted by atomic mass is 9.76. The van der Waals surface area contributed by atoms with Crippen LogP contribution in [0.25, 0.3) is 0 Å². The van der Waals surface area contributed by atoms with Gasteiger partial charge in [0.25, 0.3) is 0 Å². The molecule has 27 heavy (non-hydrogen) atoms. The van der Waals surface area contributed by atoms with E-state index in [0.29, 0.717) is 11.1 Å². The Bertz CT molecular complexity index is 896. The van der Waals surface area contributed by atoms with Crippen LogP contribution in [-0.4, -0.2) is 21.1 Å². The van der Waals surface area contributed by atoms with Gasteiger partial charge in [-0.2, -0.15) is 0 Å². The average Bonchev–Trinajstić information content (AvgIpc) is 2.91. The topological polar surface area (TPSA) is 77.8 Å². The molecule has 0 aromatic heterocycles. The molecule has 3 N–H and O–H groups in total. The summed E-state index contributed by atoms with van der Waals surface area (Å²) >= 11 is 0. The van der Waals surface area contributed by atoms with Crippen LogP contribution < -0.4 is 0 Å². The summed E-state index contributed by atoms with van der Waals surface area (Å²) < 4.78 is 0. The van der Waals surface area contributed by atoms with Gasteiger partial charge in [0.1, 0.15) is 22.8 Å². The highest BCUT2D eigenvalue weighted by atomic mass is 16.3. The molecule has 2 aromatic rings. The fraction of sp³-hybridized carbons (Fsp3) is 0.348. The van der Waals surface area contributed by atoms with Crippen molar-refractivity contribution in [3.05, 3.63) is 65.2 Å². The third-order valence-electron chi connectivity index (χ3n) is 5.84. The van der Waals surface area contributed by atoms with E-state index in [2.05, 4.69) is 20.4 Å². The maximum Gasteiger partial charge on any atom is 0.200 e. The zero-order valence-electron chi connectivity index (χ0n) is 16.0. The third-order valence-corrected chi connectivity index (χ3v) is 5.84. The van der Waals surface area contributed by atoms with Crippen LogP contribution in [0.4, 0.5) is 0 Å². The molecule has 0 amide bonds. The van der Waals surface area contributed by atoms with Gasteiger partial charge in [-0.1, -0.05) is 56.3 Å². The van der Waals surface area contributed by atoms with E-state index in [-0.39, 0.29) is 34.3 Å². The summed E-state index contributed by atoms with van der Waals surface area (Å²) in [5.74, 6) is -1.28. The number of benzene rings is 2. The van der Waals surface area contributed by atoms with Crippen LogP contribution in [0, 0.1) is 11.3 Å². The highest BCUT2D eigenvalue weighted by Gasteiger charge is 2.44. The fourth-order valence-corrected chi connectivity index (χ4v) is 4.31. The van der Waals surface area contributed by atoms with Crippen molar-refractivity contribution in [2.45, 2.75) is 39.5 Å². The number of aromatic hydroxyl groups is 3. The van der Waals surface area contributed by atoms with Crippen LogP contribution >= 0.6 is 0 Å². The van der Waals surface area contributed by atoms with E-state index >= 15 is 0 Å². The lowest BCUT2D eigenvalue weighted by molar-refractivity contribution is 0.103. The molecule has 3 rings (SSSR count). The van der Waals surface area contributed by atoms with Crippen molar-refractivity contribution in [3.63, 3.8) is 0 Å². The molecule has 2 atom stereocenters. The second-order valence-corrected chi connectivity index (χ2v) is 8.27. The molecular formula is C23H26O4. The van der Waals surface area contributed by atoms with Crippen LogP contribution in [-0.2, 0) is 0 Å². The number of phenolic OH excluding ortho intramolecular Hbond substituents is 3. The van der Waals surface area contributed by atoms with E-state index in [9.17, 15) is 20.1 Å². The molecule has 1 fully saturated rings. The van der Waals surface area contributed by atoms with Gasteiger partial charge >= 0.3 is 0 Å². The van der Waals surface area contributed by atoms with Gasteiger partial charge in [-0.3, -0.25) is 4.79 Å². The molecular weight excluding hydrogens is 340 g/mol. The Morgan fingerprint density at radius 1 is 1.11 bits per heavy atom. The Morgan fingerprint density at radius 2 is 1.74 bits per heavy atom. The van der Waals surface area contributed by atoms with Crippen molar-refractivity contribution in [2.24, 2.45) is 11.3 Å². The summed E-state index contributed by atoms with van der Waals surface area (Å²) in [5, 5.41) is 31.7.